The lowest BCUT2D eigenvalue weighted by Gasteiger charge is -2.09. The van der Waals surface area contributed by atoms with Gasteiger partial charge in [0.1, 0.15) is 0 Å². The molecule has 1 amide bonds. The Morgan fingerprint density at radius 3 is 2.29 bits per heavy atom. The van der Waals surface area contributed by atoms with E-state index in [4.69, 9.17) is 5.14 Å². The number of hydrogen-bond acceptors (Lipinski definition) is 5. The number of carbonyl (C=O) groups is 1. The van der Waals surface area contributed by atoms with Gasteiger partial charge in [-0.15, -0.1) is 0 Å². The van der Waals surface area contributed by atoms with Gasteiger partial charge in [-0.1, -0.05) is 18.2 Å². The molecule has 0 spiro atoms. The van der Waals surface area contributed by atoms with Crippen LogP contribution in [0.2, 0.25) is 0 Å². The summed E-state index contributed by atoms with van der Waals surface area (Å²) < 4.78 is 49.6. The van der Waals surface area contributed by atoms with Crippen LogP contribution in [0, 0.1) is 0 Å². The number of hydrogen-bond donors (Lipinski definition) is 3. The zero-order valence-corrected chi connectivity index (χ0v) is 16.6. The highest BCUT2D eigenvalue weighted by Crippen LogP contribution is 2.23. The molecule has 0 radical (unpaired) electrons. The normalized spacial score (nSPS) is 14.6. The lowest BCUT2D eigenvalue weighted by Crippen LogP contribution is -2.25. The molecule has 8 nitrogen and oxygen atoms in total. The second-order valence-electron chi connectivity index (χ2n) is 6.66. The van der Waals surface area contributed by atoms with Crippen LogP contribution in [-0.2, 0) is 31.3 Å². The van der Waals surface area contributed by atoms with Crippen molar-refractivity contribution in [3.63, 3.8) is 0 Å². The van der Waals surface area contributed by atoms with E-state index in [1.165, 1.54) is 24.3 Å². The lowest BCUT2D eigenvalue weighted by atomic mass is 10.1. The van der Waals surface area contributed by atoms with Gasteiger partial charge in [-0.3, -0.25) is 4.79 Å². The van der Waals surface area contributed by atoms with Crippen LogP contribution in [0.3, 0.4) is 0 Å². The molecule has 0 unspecified atom stereocenters. The Morgan fingerprint density at radius 1 is 1.00 bits per heavy atom. The fourth-order valence-corrected chi connectivity index (χ4v) is 4.42. The van der Waals surface area contributed by atoms with E-state index in [0.717, 1.165) is 18.4 Å². The molecule has 3 rings (SSSR count). The van der Waals surface area contributed by atoms with Gasteiger partial charge in [-0.2, -0.15) is 0 Å². The van der Waals surface area contributed by atoms with Crippen molar-refractivity contribution in [2.75, 3.05) is 5.32 Å². The summed E-state index contributed by atoms with van der Waals surface area (Å²) in [5.41, 5.74) is 1.18. The van der Waals surface area contributed by atoms with Crippen LogP contribution in [0.1, 0.15) is 24.8 Å². The van der Waals surface area contributed by atoms with E-state index in [0.29, 0.717) is 12.1 Å². The second kappa shape index (κ2) is 8.00. The van der Waals surface area contributed by atoms with Crippen molar-refractivity contribution in [1.82, 2.24) is 4.72 Å². The van der Waals surface area contributed by atoms with Gasteiger partial charge in [0, 0.05) is 18.2 Å². The number of rotatable bonds is 8. The van der Waals surface area contributed by atoms with Gasteiger partial charge in [-0.25, -0.2) is 26.7 Å². The number of sulfonamides is 2. The fourth-order valence-electron chi connectivity index (χ4n) is 2.56. The number of amides is 1. The summed E-state index contributed by atoms with van der Waals surface area (Å²) in [6.07, 6.45) is 2.24. The molecule has 0 heterocycles. The number of nitrogens with one attached hydrogen (secondary N) is 2. The van der Waals surface area contributed by atoms with Gasteiger partial charge in [-0.05, 0) is 55.2 Å². The molecule has 2 aromatic rings. The minimum Gasteiger partial charge on any atom is -0.326 e. The molecule has 1 fully saturated rings. The minimum atomic E-state index is -3.75. The Hall–Kier alpha value is -2.27. The Labute approximate surface area is 164 Å². The lowest BCUT2D eigenvalue weighted by molar-refractivity contribution is -0.116. The first kappa shape index (κ1) is 20.5. The maximum absolute atomic E-state index is 12.3. The zero-order valence-electron chi connectivity index (χ0n) is 15.0. The average molecular weight is 424 g/mol. The predicted molar refractivity (Wildman–Crippen MR) is 105 cm³/mol. The monoisotopic (exact) mass is 423 g/mol. The molecule has 1 aliphatic carbocycles. The van der Waals surface area contributed by atoms with Crippen LogP contribution >= 0.6 is 0 Å². The standard InChI is InChI=1S/C18H21N3O5S2/c19-27(23,24)16-9-4-13(5-10-16)6-11-18(22)20-15-2-1-3-17(12-15)28(25,26)21-14-7-8-14/h1-5,9-10,12,14,21H,6-8,11H2,(H,20,22)(H2,19,23,24). The molecule has 0 atom stereocenters. The molecule has 4 N–H and O–H groups in total. The Bertz CT molecular complexity index is 1080. The van der Waals surface area contributed by atoms with E-state index in [1.54, 1.807) is 24.3 Å². The SMILES string of the molecule is NS(=O)(=O)c1ccc(CCC(=O)Nc2cccc(S(=O)(=O)NC3CC3)c2)cc1. The van der Waals surface area contributed by atoms with Crippen LogP contribution in [0.4, 0.5) is 5.69 Å². The molecule has 10 heteroatoms. The van der Waals surface area contributed by atoms with Crippen LogP contribution in [-0.4, -0.2) is 28.8 Å². The van der Waals surface area contributed by atoms with E-state index in [-0.39, 0.29) is 28.2 Å². The van der Waals surface area contributed by atoms with E-state index < -0.39 is 20.0 Å². The summed E-state index contributed by atoms with van der Waals surface area (Å²) in [5, 5.41) is 7.73. The molecular weight excluding hydrogens is 402 g/mol. The molecule has 2 aromatic carbocycles. The number of carbonyl (C=O) groups excluding carboxylic acids is 1. The first-order valence-corrected chi connectivity index (χ1v) is 11.7. The third-order valence-corrected chi connectivity index (χ3v) is 6.67. The summed E-state index contributed by atoms with van der Waals surface area (Å²) in [4.78, 5) is 12.3. The number of aryl methyl sites for hydroxylation is 1. The Kier molecular flexibility index (Phi) is 5.84. The average Bonchev–Trinajstić information content (AvgIpc) is 3.43. The van der Waals surface area contributed by atoms with Gasteiger partial charge in [0.05, 0.1) is 9.79 Å². The maximum Gasteiger partial charge on any atom is 0.240 e. The second-order valence-corrected chi connectivity index (χ2v) is 9.94. The van der Waals surface area contributed by atoms with E-state index in [1.807, 2.05) is 0 Å². The number of anilines is 1. The topological polar surface area (TPSA) is 135 Å². The van der Waals surface area contributed by atoms with Gasteiger partial charge in [0.2, 0.25) is 26.0 Å². The van der Waals surface area contributed by atoms with Crippen molar-refractivity contribution in [3.05, 3.63) is 54.1 Å². The molecular formula is C18H21N3O5S2. The number of primary sulfonamides is 1. The summed E-state index contributed by atoms with van der Waals surface area (Å²) in [6, 6.07) is 12.1. The first-order valence-electron chi connectivity index (χ1n) is 8.67. The fraction of sp³-hybridized carbons (Fsp3) is 0.278. The largest absolute Gasteiger partial charge is 0.326 e. The highest BCUT2D eigenvalue weighted by molar-refractivity contribution is 7.89. The summed E-state index contributed by atoms with van der Waals surface area (Å²) >= 11 is 0. The van der Waals surface area contributed by atoms with Gasteiger partial charge in [0.15, 0.2) is 0 Å². The van der Waals surface area contributed by atoms with Crippen LogP contribution in [0.25, 0.3) is 0 Å². The van der Waals surface area contributed by atoms with Crippen molar-refractivity contribution >= 4 is 31.6 Å². The Balaban J connectivity index is 1.58. The molecule has 28 heavy (non-hydrogen) atoms. The highest BCUT2D eigenvalue weighted by Gasteiger charge is 2.28. The van der Waals surface area contributed by atoms with Crippen molar-refractivity contribution < 1.29 is 21.6 Å². The summed E-state index contributed by atoms with van der Waals surface area (Å²) in [7, 11) is -7.33. The van der Waals surface area contributed by atoms with Gasteiger partial charge in [0.25, 0.3) is 0 Å². The predicted octanol–water partition coefficient (Wildman–Crippen LogP) is 1.35. The van der Waals surface area contributed by atoms with Crippen molar-refractivity contribution in [1.29, 1.82) is 0 Å². The summed E-state index contributed by atoms with van der Waals surface area (Å²) in [6.45, 7) is 0. The Morgan fingerprint density at radius 2 is 1.68 bits per heavy atom. The molecule has 1 saturated carbocycles. The minimum absolute atomic E-state index is 0.00361. The van der Waals surface area contributed by atoms with Gasteiger partial charge < -0.3 is 5.32 Å². The molecule has 150 valence electrons. The van der Waals surface area contributed by atoms with Crippen LogP contribution in [0.5, 0.6) is 0 Å². The number of benzene rings is 2. The quantitative estimate of drug-likeness (QED) is 0.589. The summed E-state index contributed by atoms with van der Waals surface area (Å²) in [5.74, 6) is -0.278. The third-order valence-electron chi connectivity index (χ3n) is 4.22. The van der Waals surface area contributed by atoms with E-state index >= 15 is 0 Å². The van der Waals surface area contributed by atoms with Crippen molar-refractivity contribution in [2.24, 2.45) is 5.14 Å². The van der Waals surface area contributed by atoms with Gasteiger partial charge >= 0.3 is 0 Å². The zero-order chi connectivity index (χ0) is 20.4. The van der Waals surface area contributed by atoms with Crippen molar-refractivity contribution in [2.45, 2.75) is 41.5 Å². The van der Waals surface area contributed by atoms with Crippen LogP contribution < -0.4 is 15.2 Å². The van der Waals surface area contributed by atoms with E-state index in [9.17, 15) is 21.6 Å². The molecule has 0 bridgehead atoms. The van der Waals surface area contributed by atoms with E-state index in [2.05, 4.69) is 10.0 Å². The maximum atomic E-state index is 12.3. The highest BCUT2D eigenvalue weighted by atomic mass is 32.2. The molecule has 0 aromatic heterocycles. The third kappa shape index (κ3) is 5.61. The molecule has 1 aliphatic rings. The molecule has 0 saturated heterocycles. The van der Waals surface area contributed by atoms with Crippen molar-refractivity contribution in [3.8, 4) is 0 Å². The number of nitrogens with two attached hydrogens (primary N) is 1. The molecule has 0 aliphatic heterocycles. The first-order chi connectivity index (χ1) is 13.1. The smallest absolute Gasteiger partial charge is 0.240 e. The van der Waals surface area contributed by atoms with Crippen LogP contribution in [0.15, 0.2) is 58.3 Å².